The van der Waals surface area contributed by atoms with E-state index in [-0.39, 0.29) is 54.8 Å². The highest BCUT2D eigenvalue weighted by atomic mass is 32.2. The van der Waals surface area contributed by atoms with Crippen LogP contribution < -0.4 is 10.1 Å². The Morgan fingerprint density at radius 1 is 1.15 bits per heavy atom. The Hall–Kier alpha value is -2.44. The van der Waals surface area contributed by atoms with E-state index in [9.17, 15) is 18.3 Å². The minimum atomic E-state index is -3.86. The maximum Gasteiger partial charge on any atom is 0.286 e. The van der Waals surface area contributed by atoms with Gasteiger partial charge in [-0.3, -0.25) is 4.79 Å². The summed E-state index contributed by atoms with van der Waals surface area (Å²) in [6.45, 7) is -0.338. The van der Waals surface area contributed by atoms with E-state index in [4.69, 9.17) is 14.2 Å². The second-order valence-electron chi connectivity index (χ2n) is 10.4. The van der Waals surface area contributed by atoms with Crippen molar-refractivity contribution in [1.29, 1.82) is 0 Å². The number of fused-ring (bicyclic) bond motifs is 2. The molecular formula is C28H36N2O7S2. The van der Waals surface area contributed by atoms with Gasteiger partial charge in [-0.15, -0.1) is 0 Å². The number of sulfonamides is 1. The molecule has 1 aliphatic heterocycles. The average molecular weight is 577 g/mol. The van der Waals surface area contributed by atoms with Crippen molar-refractivity contribution in [2.75, 3.05) is 33.4 Å². The van der Waals surface area contributed by atoms with Crippen molar-refractivity contribution in [2.45, 2.75) is 55.2 Å². The van der Waals surface area contributed by atoms with Crippen LogP contribution in [0.1, 0.15) is 43.6 Å². The predicted molar refractivity (Wildman–Crippen MR) is 147 cm³/mol. The van der Waals surface area contributed by atoms with Crippen molar-refractivity contribution < 1.29 is 32.5 Å². The van der Waals surface area contributed by atoms with Gasteiger partial charge in [-0.2, -0.15) is 15.6 Å². The molecule has 3 unspecified atom stereocenters. The third kappa shape index (κ3) is 6.49. The monoisotopic (exact) mass is 576 g/mol. The second-order valence-corrected chi connectivity index (χ2v) is 13.1. The fraction of sp³-hybridized carbons (Fsp3) is 0.536. The summed E-state index contributed by atoms with van der Waals surface area (Å²) < 4.78 is 44.7. The molecule has 1 aromatic carbocycles. The smallest absolute Gasteiger partial charge is 0.286 e. The first kappa shape index (κ1) is 28.1. The van der Waals surface area contributed by atoms with Gasteiger partial charge in [-0.1, -0.05) is 6.42 Å². The molecule has 5 rings (SSSR count). The molecule has 2 bridgehead atoms. The van der Waals surface area contributed by atoms with Gasteiger partial charge < -0.3 is 24.6 Å². The topological polar surface area (TPSA) is 114 Å². The van der Waals surface area contributed by atoms with E-state index in [0.717, 1.165) is 12.0 Å². The van der Waals surface area contributed by atoms with Crippen LogP contribution in [0.3, 0.4) is 0 Å². The van der Waals surface area contributed by atoms with Gasteiger partial charge in [-0.25, -0.2) is 8.42 Å². The molecule has 3 aliphatic rings. The standard InChI is InChI=1S/C28H36N2O7S2/c1-35-23-4-6-24(7-5-23)39(33,34)30(9-11-31)10-12-36-27-17-22(21-8-13-38-18-21)16-26(37-27)28(32)29-25-15-19-2-3-20(25)14-19/h4-8,13,16,18-20,22,25,27,31H,2-3,9-12,14-15,17H2,1H3,(H,29,32)/t19?,20?,22-,25?,27+/m0/s1. The first-order chi connectivity index (χ1) is 18.9. The minimum Gasteiger partial charge on any atom is -0.497 e. The lowest BCUT2D eigenvalue weighted by atomic mass is 9.94. The Morgan fingerprint density at radius 2 is 1.97 bits per heavy atom. The second kappa shape index (κ2) is 12.4. The number of benzene rings is 1. The van der Waals surface area contributed by atoms with Gasteiger partial charge in [0.15, 0.2) is 5.76 Å². The number of nitrogens with one attached hydrogen (secondary N) is 1. The van der Waals surface area contributed by atoms with Crippen molar-refractivity contribution in [3.8, 4) is 5.75 Å². The summed E-state index contributed by atoms with van der Waals surface area (Å²) in [5.41, 5.74) is 1.09. The molecule has 5 atom stereocenters. The van der Waals surface area contributed by atoms with Crippen LogP contribution in [0, 0.1) is 11.8 Å². The molecule has 9 nitrogen and oxygen atoms in total. The molecule has 2 N–H and O–H groups in total. The highest BCUT2D eigenvalue weighted by Gasteiger charge is 2.41. The molecule has 2 fully saturated rings. The predicted octanol–water partition coefficient (Wildman–Crippen LogP) is 3.48. The van der Waals surface area contributed by atoms with Crippen LogP contribution in [0.15, 0.2) is 57.8 Å². The summed E-state index contributed by atoms with van der Waals surface area (Å²) in [6.07, 6.45) is 6.32. The molecule has 2 saturated carbocycles. The number of methoxy groups -OCH3 is 1. The van der Waals surface area contributed by atoms with E-state index in [2.05, 4.69) is 10.7 Å². The maximum atomic E-state index is 13.2. The number of hydrogen-bond donors (Lipinski definition) is 2. The van der Waals surface area contributed by atoms with Crippen LogP contribution in [-0.4, -0.2) is 69.5 Å². The number of nitrogens with zero attached hydrogens (tertiary/aromatic N) is 1. The summed E-state index contributed by atoms with van der Waals surface area (Å²) in [4.78, 5) is 13.3. The zero-order valence-corrected chi connectivity index (χ0v) is 23.7. The highest BCUT2D eigenvalue weighted by molar-refractivity contribution is 7.89. The number of aliphatic hydroxyl groups excluding tert-OH is 1. The third-order valence-corrected chi connectivity index (χ3v) is 10.6. The van der Waals surface area contributed by atoms with E-state index in [1.807, 2.05) is 17.5 Å². The van der Waals surface area contributed by atoms with E-state index >= 15 is 0 Å². The van der Waals surface area contributed by atoms with Crippen molar-refractivity contribution in [1.82, 2.24) is 9.62 Å². The molecule has 11 heteroatoms. The van der Waals surface area contributed by atoms with Crippen molar-refractivity contribution in [3.05, 3.63) is 58.5 Å². The lowest BCUT2D eigenvalue weighted by Crippen LogP contribution is -2.41. The first-order valence-electron chi connectivity index (χ1n) is 13.5. The molecule has 0 saturated heterocycles. The van der Waals surface area contributed by atoms with Gasteiger partial charge in [0.25, 0.3) is 5.91 Å². The Kier molecular flexibility index (Phi) is 8.92. The Bertz CT molecular complexity index is 1250. The highest BCUT2D eigenvalue weighted by Crippen LogP contribution is 2.44. The number of carbonyl (C=O) groups is 1. The molecule has 0 spiro atoms. The van der Waals surface area contributed by atoms with Crippen molar-refractivity contribution in [3.63, 3.8) is 0 Å². The summed E-state index contributed by atoms with van der Waals surface area (Å²) in [6, 6.07) is 8.33. The van der Waals surface area contributed by atoms with Crippen molar-refractivity contribution in [2.24, 2.45) is 11.8 Å². The first-order valence-corrected chi connectivity index (χ1v) is 15.8. The largest absolute Gasteiger partial charge is 0.497 e. The minimum absolute atomic E-state index is 0.0221. The van der Waals surface area contributed by atoms with E-state index in [0.29, 0.717) is 24.0 Å². The van der Waals surface area contributed by atoms with Crippen LogP contribution in [0.5, 0.6) is 5.75 Å². The van der Waals surface area contributed by atoms with Crippen LogP contribution >= 0.6 is 11.3 Å². The lowest BCUT2D eigenvalue weighted by Gasteiger charge is -2.31. The van der Waals surface area contributed by atoms with Gasteiger partial charge in [0.05, 0.1) is 25.2 Å². The fourth-order valence-electron chi connectivity index (χ4n) is 5.94. The summed E-state index contributed by atoms with van der Waals surface area (Å²) in [5.74, 6) is 1.80. The molecule has 39 heavy (non-hydrogen) atoms. The van der Waals surface area contributed by atoms with Gasteiger partial charge in [0.1, 0.15) is 5.75 Å². The zero-order chi connectivity index (χ0) is 27.4. The van der Waals surface area contributed by atoms with Crippen LogP contribution in [0.4, 0.5) is 0 Å². The Labute approximate surface area is 233 Å². The van der Waals surface area contributed by atoms with Crippen LogP contribution in [-0.2, 0) is 24.3 Å². The van der Waals surface area contributed by atoms with E-state index < -0.39 is 16.3 Å². The van der Waals surface area contributed by atoms with Gasteiger partial charge in [0, 0.05) is 31.5 Å². The molecule has 1 aromatic heterocycles. The lowest BCUT2D eigenvalue weighted by molar-refractivity contribution is -0.147. The van der Waals surface area contributed by atoms with Crippen LogP contribution in [0.2, 0.25) is 0 Å². The molecule has 2 aromatic rings. The van der Waals surface area contributed by atoms with Crippen molar-refractivity contribution >= 4 is 27.3 Å². The maximum absolute atomic E-state index is 13.2. The zero-order valence-electron chi connectivity index (χ0n) is 22.0. The number of ether oxygens (including phenoxy) is 3. The van der Waals surface area contributed by atoms with Gasteiger partial charge in [-0.05, 0) is 83.8 Å². The number of allylic oxidation sites excluding steroid dienone is 1. The summed E-state index contributed by atoms with van der Waals surface area (Å²) in [5, 5.41) is 16.8. The van der Waals surface area contributed by atoms with Gasteiger partial charge >= 0.3 is 0 Å². The summed E-state index contributed by atoms with van der Waals surface area (Å²) >= 11 is 1.59. The Morgan fingerprint density at radius 3 is 2.62 bits per heavy atom. The molecule has 1 amide bonds. The van der Waals surface area contributed by atoms with Gasteiger partial charge in [0.2, 0.25) is 16.3 Å². The molecular weight excluding hydrogens is 540 g/mol. The Balaban J connectivity index is 1.23. The SMILES string of the molecule is COc1ccc(S(=O)(=O)N(CCO)CCO[C@H]2C[C@@H](c3ccsc3)C=C(C(=O)NC3CC4CCC3C4)O2)cc1. The molecule has 212 valence electrons. The van der Waals surface area contributed by atoms with Crippen LogP contribution in [0.25, 0.3) is 0 Å². The van der Waals surface area contributed by atoms with E-state index in [1.54, 1.807) is 23.5 Å². The summed E-state index contributed by atoms with van der Waals surface area (Å²) in [7, 11) is -2.34. The quantitative estimate of drug-likeness (QED) is 0.398. The number of aliphatic hydroxyl groups is 1. The third-order valence-electron chi connectivity index (χ3n) is 8.00. The average Bonchev–Trinajstić information content (AvgIpc) is 3.72. The molecule has 2 aliphatic carbocycles. The fourth-order valence-corrected chi connectivity index (χ4v) is 8.08. The number of carbonyl (C=O) groups excluding carboxylic acids is 1. The molecule has 2 heterocycles. The number of hydrogen-bond acceptors (Lipinski definition) is 8. The number of rotatable bonds is 12. The molecule has 0 radical (unpaired) electrons. The normalized spacial score (nSPS) is 26.3. The number of thiophene rings is 1. The van der Waals surface area contributed by atoms with E-state index in [1.165, 1.54) is 42.8 Å². The number of amides is 1.